The van der Waals surface area contributed by atoms with E-state index in [1.807, 2.05) is 67.8 Å². The Labute approximate surface area is 232 Å². The average molecular weight is 559 g/mol. The van der Waals surface area contributed by atoms with Crippen molar-refractivity contribution in [3.63, 3.8) is 0 Å². The average Bonchev–Trinajstić information content (AvgIpc) is 3.31. The molecule has 0 spiro atoms. The van der Waals surface area contributed by atoms with E-state index in [9.17, 15) is 13.2 Å². The number of fused-ring (bicyclic) bond motifs is 2. The van der Waals surface area contributed by atoms with Gasteiger partial charge in [-0.15, -0.1) is 0 Å². The minimum absolute atomic E-state index is 0.203. The van der Waals surface area contributed by atoms with Gasteiger partial charge in [-0.3, -0.25) is 14.3 Å². The molecule has 3 N–H and O–H groups in total. The number of methoxy groups -OCH3 is 1. The fourth-order valence-electron chi connectivity index (χ4n) is 4.58. The lowest BCUT2D eigenvalue weighted by Crippen LogP contribution is -2.22. The van der Waals surface area contributed by atoms with Crippen LogP contribution in [-0.2, 0) is 15.4 Å². The summed E-state index contributed by atoms with van der Waals surface area (Å²) in [6, 6.07) is 16.3. The molecule has 40 heavy (non-hydrogen) atoms. The number of carbonyl (C=O) groups is 1. The first-order valence-corrected chi connectivity index (χ1v) is 14.4. The van der Waals surface area contributed by atoms with Gasteiger partial charge in [-0.2, -0.15) is 0 Å². The lowest BCUT2D eigenvalue weighted by Gasteiger charge is -2.24. The van der Waals surface area contributed by atoms with Gasteiger partial charge in [-0.25, -0.2) is 18.2 Å². The van der Waals surface area contributed by atoms with Crippen molar-refractivity contribution in [3.05, 3.63) is 78.9 Å². The summed E-state index contributed by atoms with van der Waals surface area (Å²) >= 11 is 0. The van der Waals surface area contributed by atoms with Crippen LogP contribution in [-0.4, -0.2) is 42.3 Å². The van der Waals surface area contributed by atoms with Gasteiger partial charge in [0.1, 0.15) is 6.33 Å². The van der Waals surface area contributed by atoms with Crippen LogP contribution in [0.25, 0.3) is 27.5 Å². The quantitative estimate of drug-likeness (QED) is 0.238. The minimum atomic E-state index is -3.60. The Morgan fingerprint density at radius 3 is 2.35 bits per heavy atom. The van der Waals surface area contributed by atoms with Gasteiger partial charge in [-0.1, -0.05) is 45.0 Å². The molecule has 0 radical (unpaired) electrons. The zero-order valence-electron chi connectivity index (χ0n) is 22.8. The van der Waals surface area contributed by atoms with E-state index >= 15 is 0 Å². The van der Waals surface area contributed by atoms with Crippen molar-refractivity contribution >= 4 is 54.9 Å². The molecule has 0 saturated carbocycles. The van der Waals surface area contributed by atoms with Crippen LogP contribution in [0.4, 0.5) is 21.9 Å². The Kier molecular flexibility index (Phi) is 6.84. The van der Waals surface area contributed by atoms with E-state index in [2.05, 4.69) is 25.3 Å². The number of sulfonamides is 1. The highest BCUT2D eigenvalue weighted by Crippen LogP contribution is 2.39. The molecule has 0 atom stereocenters. The van der Waals surface area contributed by atoms with Crippen molar-refractivity contribution in [2.45, 2.75) is 26.2 Å². The van der Waals surface area contributed by atoms with Crippen LogP contribution in [0.2, 0.25) is 0 Å². The van der Waals surface area contributed by atoms with E-state index in [-0.39, 0.29) is 16.9 Å². The normalized spacial score (nSPS) is 11.9. The lowest BCUT2D eigenvalue weighted by molar-refractivity contribution is 0.262. The smallest absolute Gasteiger partial charge is 0.323 e. The summed E-state index contributed by atoms with van der Waals surface area (Å²) in [5, 5.41) is 7.53. The van der Waals surface area contributed by atoms with Gasteiger partial charge >= 0.3 is 6.03 Å². The first kappa shape index (κ1) is 26.9. The Balaban J connectivity index is 1.51. The second-order valence-electron chi connectivity index (χ2n) is 10.5. The van der Waals surface area contributed by atoms with Crippen LogP contribution in [0, 0.1) is 0 Å². The summed E-state index contributed by atoms with van der Waals surface area (Å²) < 4.78 is 34.1. The largest absolute Gasteiger partial charge is 0.492 e. The number of rotatable bonds is 6. The van der Waals surface area contributed by atoms with E-state index in [0.29, 0.717) is 11.4 Å². The fraction of sp³-hybridized carbons (Fsp3) is 0.207. The van der Waals surface area contributed by atoms with E-state index in [0.717, 1.165) is 39.3 Å². The summed E-state index contributed by atoms with van der Waals surface area (Å²) in [5.41, 5.74) is 4.25. The van der Waals surface area contributed by atoms with E-state index in [1.165, 1.54) is 7.11 Å². The predicted molar refractivity (Wildman–Crippen MR) is 159 cm³/mol. The van der Waals surface area contributed by atoms with Gasteiger partial charge in [0.2, 0.25) is 10.0 Å². The van der Waals surface area contributed by atoms with Crippen LogP contribution in [0.1, 0.15) is 26.3 Å². The molecule has 206 valence electrons. The monoisotopic (exact) mass is 558 g/mol. The second kappa shape index (κ2) is 10.2. The molecule has 0 fully saturated rings. The Hall–Kier alpha value is -4.64. The number of nitrogens with one attached hydrogen (secondary N) is 3. The van der Waals surface area contributed by atoms with Gasteiger partial charge in [0.15, 0.2) is 5.75 Å². The minimum Gasteiger partial charge on any atom is -0.492 e. The molecule has 11 heteroatoms. The first-order valence-electron chi connectivity index (χ1n) is 12.5. The zero-order chi connectivity index (χ0) is 28.7. The summed E-state index contributed by atoms with van der Waals surface area (Å²) in [4.78, 5) is 22.0. The molecule has 0 unspecified atom stereocenters. The maximum absolute atomic E-state index is 13.3. The molecule has 5 aromatic rings. The van der Waals surface area contributed by atoms with E-state index in [1.54, 1.807) is 30.9 Å². The highest BCUT2D eigenvalue weighted by atomic mass is 32.2. The maximum Gasteiger partial charge on any atom is 0.323 e. The molecule has 10 nitrogen and oxygen atoms in total. The number of amides is 2. The number of nitrogens with zero attached hydrogens (tertiary/aromatic N) is 3. The molecule has 2 amide bonds. The molecule has 0 aliphatic heterocycles. The zero-order valence-corrected chi connectivity index (χ0v) is 23.6. The third kappa shape index (κ3) is 5.41. The number of aromatic nitrogens is 3. The SMILES string of the molecule is COc1c(NC(=O)Nc2ccc(-n3cnc4ccncc43)c3ccccc23)cc(C(C)(C)C)cc1NS(C)(=O)=O. The Bertz CT molecular complexity index is 1860. The molecule has 2 aromatic heterocycles. The summed E-state index contributed by atoms with van der Waals surface area (Å²) in [7, 11) is -2.17. The molecule has 0 bridgehead atoms. The molecule has 0 aliphatic rings. The van der Waals surface area contributed by atoms with Crippen LogP contribution in [0.15, 0.2) is 73.3 Å². The lowest BCUT2D eigenvalue weighted by atomic mass is 9.86. The number of urea groups is 1. The maximum atomic E-state index is 13.3. The molecule has 3 aromatic carbocycles. The van der Waals surface area contributed by atoms with Gasteiger partial charge < -0.3 is 15.4 Å². The van der Waals surface area contributed by atoms with E-state index in [4.69, 9.17) is 4.74 Å². The Morgan fingerprint density at radius 1 is 0.950 bits per heavy atom. The standard InChI is InChI=1S/C29H30N6O4S/c1-29(2,3)18-14-23(27(39-4)24(15-18)34-40(5,37)38)33-28(36)32-21-10-11-25(20-9-7-6-8-19(20)21)35-17-31-22-12-13-30-16-26(22)35/h6-17,34H,1-5H3,(H2,32,33,36). The number of anilines is 3. The van der Waals surface area contributed by atoms with Crippen LogP contribution >= 0.6 is 0 Å². The number of imidazole rings is 1. The number of hydrogen-bond donors (Lipinski definition) is 3. The van der Waals surface area contributed by atoms with Crippen molar-refractivity contribution in [2.24, 2.45) is 0 Å². The number of pyridine rings is 1. The van der Waals surface area contributed by atoms with Gasteiger partial charge in [0.25, 0.3) is 0 Å². The van der Waals surface area contributed by atoms with Crippen molar-refractivity contribution in [2.75, 3.05) is 28.7 Å². The molecule has 0 aliphatic carbocycles. The summed E-state index contributed by atoms with van der Waals surface area (Å²) in [5.74, 6) is 0.203. The molecule has 5 rings (SSSR count). The molecular formula is C29H30N6O4S. The third-order valence-corrected chi connectivity index (χ3v) is 7.05. The van der Waals surface area contributed by atoms with Crippen LogP contribution < -0.4 is 20.1 Å². The van der Waals surface area contributed by atoms with Crippen molar-refractivity contribution in [3.8, 4) is 11.4 Å². The van der Waals surface area contributed by atoms with Crippen LogP contribution in [0.5, 0.6) is 5.75 Å². The van der Waals surface area contributed by atoms with Crippen molar-refractivity contribution in [1.82, 2.24) is 14.5 Å². The second-order valence-corrected chi connectivity index (χ2v) is 12.2. The van der Waals surface area contributed by atoms with Crippen LogP contribution in [0.3, 0.4) is 0 Å². The third-order valence-electron chi connectivity index (χ3n) is 6.46. The summed E-state index contributed by atoms with van der Waals surface area (Å²) in [6.45, 7) is 5.99. The number of carbonyl (C=O) groups excluding carboxylic acids is 1. The highest BCUT2D eigenvalue weighted by Gasteiger charge is 2.22. The topological polar surface area (TPSA) is 127 Å². The number of benzene rings is 3. The summed E-state index contributed by atoms with van der Waals surface area (Å²) in [6.07, 6.45) is 6.29. The number of hydrogen-bond acceptors (Lipinski definition) is 6. The van der Waals surface area contributed by atoms with Crippen molar-refractivity contribution in [1.29, 1.82) is 0 Å². The highest BCUT2D eigenvalue weighted by molar-refractivity contribution is 7.92. The van der Waals surface area contributed by atoms with Gasteiger partial charge in [-0.05, 0) is 41.3 Å². The first-order chi connectivity index (χ1) is 18.9. The van der Waals surface area contributed by atoms with E-state index < -0.39 is 16.1 Å². The predicted octanol–water partition coefficient (Wildman–Crippen LogP) is 5.90. The van der Waals surface area contributed by atoms with Crippen molar-refractivity contribution < 1.29 is 17.9 Å². The number of ether oxygens (including phenoxy) is 1. The molecular weight excluding hydrogens is 528 g/mol. The van der Waals surface area contributed by atoms with Gasteiger partial charge in [0, 0.05) is 17.0 Å². The fourth-order valence-corrected chi connectivity index (χ4v) is 5.13. The van der Waals surface area contributed by atoms with Gasteiger partial charge in [0.05, 0.1) is 53.3 Å². The molecule has 0 saturated heterocycles. The Morgan fingerprint density at radius 2 is 1.65 bits per heavy atom. The molecule has 2 heterocycles.